The van der Waals surface area contributed by atoms with Gasteiger partial charge in [-0.2, -0.15) is 0 Å². The Kier molecular flexibility index (Phi) is 10.8. The third-order valence-corrected chi connectivity index (χ3v) is 4.30. The molecule has 7 heteroatoms. The molecule has 6 nitrogen and oxygen atoms in total. The van der Waals surface area contributed by atoms with Crippen LogP contribution in [0.15, 0.2) is 0 Å². The van der Waals surface area contributed by atoms with Crippen molar-refractivity contribution in [1.82, 2.24) is 5.32 Å². The van der Waals surface area contributed by atoms with Gasteiger partial charge in [-0.1, -0.05) is 0 Å². The van der Waals surface area contributed by atoms with E-state index in [9.17, 15) is 4.80 Å². The second-order valence-electron chi connectivity index (χ2n) is 4.00. The highest BCUT2D eigenvalue weighted by atomic mass is 28.4. The molecule has 0 radical (unpaired) electrons. The van der Waals surface area contributed by atoms with Crippen molar-refractivity contribution in [3.05, 3.63) is 0 Å². The fourth-order valence-corrected chi connectivity index (χ4v) is 3.10. The third-order valence-electron chi connectivity index (χ3n) is 2.29. The molecule has 0 aliphatic rings. The number of rotatable bonds is 12. The molecule has 0 aliphatic heterocycles. The highest BCUT2D eigenvalue weighted by Crippen LogP contribution is 2.12. The molecule has 1 atom stereocenters. The molecule has 0 heterocycles. The van der Waals surface area contributed by atoms with Crippen LogP contribution in [0.1, 0.15) is 33.6 Å². The monoisotopic (exact) mass is 280 g/mol. The Morgan fingerprint density at radius 3 is 2.33 bits per heavy atom. The van der Waals surface area contributed by atoms with Gasteiger partial charge in [-0.3, -0.25) is 0 Å². The smallest absolute Gasteiger partial charge is 0.367 e. The molecule has 18 heavy (non-hydrogen) atoms. The Bertz CT molecular complexity index is 192. The van der Waals surface area contributed by atoms with Gasteiger partial charge in [0.25, 0.3) is 0 Å². The minimum atomic E-state index is -3.43. The first-order valence-corrected chi connectivity index (χ1v) is 8.34. The lowest BCUT2D eigenvalue weighted by Gasteiger charge is -2.25. The molecule has 0 saturated carbocycles. The zero-order valence-electron chi connectivity index (χ0n) is 11.8. The van der Waals surface area contributed by atoms with Crippen LogP contribution in [0, 0.1) is 0 Å². The summed E-state index contributed by atoms with van der Waals surface area (Å²) in [7, 11) is -3.43. The SMILES string of the molecule is CCO[Si](O)(OCC)OC(C)CCCNCCN. The minimum Gasteiger partial charge on any atom is -0.367 e. The normalized spacial score (nSPS) is 13.8. The van der Waals surface area contributed by atoms with E-state index in [1.165, 1.54) is 0 Å². The van der Waals surface area contributed by atoms with Gasteiger partial charge in [0.2, 0.25) is 0 Å². The van der Waals surface area contributed by atoms with Gasteiger partial charge in [-0.05, 0) is 40.2 Å². The average Bonchev–Trinajstić information content (AvgIpc) is 2.29. The molecule has 0 rings (SSSR count). The minimum absolute atomic E-state index is 0.0838. The third kappa shape index (κ3) is 8.98. The first kappa shape index (κ1) is 18.0. The van der Waals surface area contributed by atoms with Crippen LogP contribution in [0.2, 0.25) is 0 Å². The van der Waals surface area contributed by atoms with E-state index in [1.54, 1.807) is 0 Å². The summed E-state index contributed by atoms with van der Waals surface area (Å²) >= 11 is 0. The summed E-state index contributed by atoms with van der Waals surface area (Å²) in [6, 6.07) is 0. The number of nitrogens with two attached hydrogens (primary N) is 1. The quantitative estimate of drug-likeness (QED) is 0.350. The predicted molar refractivity (Wildman–Crippen MR) is 72.9 cm³/mol. The van der Waals surface area contributed by atoms with Gasteiger partial charge in [-0.15, -0.1) is 0 Å². The van der Waals surface area contributed by atoms with Gasteiger partial charge in [0.1, 0.15) is 0 Å². The summed E-state index contributed by atoms with van der Waals surface area (Å²) < 4.78 is 15.9. The van der Waals surface area contributed by atoms with Crippen molar-refractivity contribution in [2.75, 3.05) is 32.8 Å². The topological polar surface area (TPSA) is 86.0 Å². The van der Waals surface area contributed by atoms with Crippen LogP contribution in [-0.4, -0.2) is 52.8 Å². The first-order chi connectivity index (χ1) is 8.58. The lowest BCUT2D eigenvalue weighted by atomic mass is 10.2. The molecule has 0 fully saturated rings. The van der Waals surface area contributed by atoms with Crippen LogP contribution < -0.4 is 11.1 Å². The Morgan fingerprint density at radius 2 is 1.83 bits per heavy atom. The second kappa shape index (κ2) is 10.9. The second-order valence-corrected chi connectivity index (χ2v) is 5.86. The summed E-state index contributed by atoms with van der Waals surface area (Å²) in [6.45, 7) is 8.66. The van der Waals surface area contributed by atoms with E-state index in [4.69, 9.17) is 19.0 Å². The molecule has 0 amide bonds. The van der Waals surface area contributed by atoms with E-state index in [2.05, 4.69) is 5.32 Å². The van der Waals surface area contributed by atoms with Gasteiger partial charge in [-0.25, -0.2) is 0 Å². The molecular formula is C11H28N2O4Si. The van der Waals surface area contributed by atoms with Crippen LogP contribution in [0.3, 0.4) is 0 Å². The van der Waals surface area contributed by atoms with Crippen molar-refractivity contribution in [2.24, 2.45) is 5.73 Å². The van der Waals surface area contributed by atoms with Crippen molar-refractivity contribution >= 4 is 9.05 Å². The maximum atomic E-state index is 10.1. The Labute approximate surface area is 111 Å². The van der Waals surface area contributed by atoms with Crippen LogP contribution in [0.25, 0.3) is 0 Å². The van der Waals surface area contributed by atoms with Crippen LogP contribution >= 0.6 is 0 Å². The molecule has 0 aromatic rings. The molecular weight excluding hydrogens is 252 g/mol. The van der Waals surface area contributed by atoms with Gasteiger partial charge < -0.3 is 29.1 Å². The maximum Gasteiger partial charge on any atom is 0.677 e. The predicted octanol–water partition coefficient (Wildman–Crippen LogP) is 0.221. The molecule has 0 aliphatic carbocycles. The van der Waals surface area contributed by atoms with Crippen molar-refractivity contribution in [3.8, 4) is 0 Å². The van der Waals surface area contributed by atoms with Crippen molar-refractivity contribution < 1.29 is 18.1 Å². The maximum absolute atomic E-state index is 10.1. The summed E-state index contributed by atoms with van der Waals surface area (Å²) in [5.74, 6) is 0. The molecule has 0 aromatic heterocycles. The van der Waals surface area contributed by atoms with Gasteiger partial charge >= 0.3 is 9.05 Å². The Balaban J connectivity index is 3.83. The van der Waals surface area contributed by atoms with E-state index in [1.807, 2.05) is 20.8 Å². The average molecular weight is 280 g/mol. The zero-order chi connectivity index (χ0) is 13.9. The molecule has 1 unspecified atom stereocenters. The number of hydrogen-bond donors (Lipinski definition) is 3. The molecule has 110 valence electrons. The lowest BCUT2D eigenvalue weighted by molar-refractivity contribution is -0.0259. The van der Waals surface area contributed by atoms with Gasteiger partial charge in [0.15, 0.2) is 0 Å². The van der Waals surface area contributed by atoms with E-state index >= 15 is 0 Å². The summed E-state index contributed by atoms with van der Waals surface area (Å²) in [5.41, 5.74) is 5.37. The Morgan fingerprint density at radius 1 is 1.22 bits per heavy atom. The van der Waals surface area contributed by atoms with E-state index in [0.29, 0.717) is 19.8 Å². The fourth-order valence-electron chi connectivity index (χ4n) is 1.53. The van der Waals surface area contributed by atoms with Crippen LogP contribution in [0.5, 0.6) is 0 Å². The highest BCUT2D eigenvalue weighted by Gasteiger charge is 2.42. The largest absolute Gasteiger partial charge is 0.677 e. The van der Waals surface area contributed by atoms with Crippen LogP contribution in [-0.2, 0) is 13.3 Å². The molecule has 0 spiro atoms. The van der Waals surface area contributed by atoms with Crippen molar-refractivity contribution in [2.45, 2.75) is 39.7 Å². The Hall–Kier alpha value is -0.0231. The van der Waals surface area contributed by atoms with E-state index in [0.717, 1.165) is 25.9 Å². The van der Waals surface area contributed by atoms with Gasteiger partial charge in [0.05, 0.1) is 0 Å². The lowest BCUT2D eigenvalue weighted by Crippen LogP contribution is -2.48. The number of nitrogens with one attached hydrogen (secondary N) is 1. The molecule has 0 saturated heterocycles. The van der Waals surface area contributed by atoms with Crippen LogP contribution in [0.4, 0.5) is 0 Å². The first-order valence-electron chi connectivity index (χ1n) is 6.66. The molecule has 0 bridgehead atoms. The van der Waals surface area contributed by atoms with E-state index in [-0.39, 0.29) is 6.10 Å². The fraction of sp³-hybridized carbons (Fsp3) is 1.00. The van der Waals surface area contributed by atoms with E-state index < -0.39 is 9.05 Å². The summed E-state index contributed by atoms with van der Waals surface area (Å²) in [6.07, 6.45) is 1.72. The van der Waals surface area contributed by atoms with Crippen molar-refractivity contribution in [1.29, 1.82) is 0 Å². The molecule has 0 aromatic carbocycles. The molecule has 4 N–H and O–H groups in total. The summed E-state index contributed by atoms with van der Waals surface area (Å²) in [5, 5.41) is 3.21. The van der Waals surface area contributed by atoms with Gasteiger partial charge in [0, 0.05) is 32.4 Å². The number of hydrogen-bond acceptors (Lipinski definition) is 6. The standard InChI is InChI=1S/C11H28N2O4Si/c1-4-15-18(14,16-5-2)17-11(3)7-6-9-13-10-8-12/h11,13-14H,4-10,12H2,1-3H3. The van der Waals surface area contributed by atoms with Crippen molar-refractivity contribution in [3.63, 3.8) is 0 Å². The summed E-state index contributed by atoms with van der Waals surface area (Å²) in [4.78, 5) is 10.1. The zero-order valence-corrected chi connectivity index (χ0v) is 12.8. The highest BCUT2D eigenvalue weighted by molar-refractivity contribution is 6.51.